The van der Waals surface area contributed by atoms with E-state index in [2.05, 4.69) is 14.8 Å². The quantitative estimate of drug-likeness (QED) is 0.392. The summed E-state index contributed by atoms with van der Waals surface area (Å²) in [4.78, 5) is 14.8. The third kappa shape index (κ3) is 6.38. The largest absolute Gasteiger partial charge is 0.493 e. The number of rotatable bonds is 10. The molecule has 1 aromatic carbocycles. The maximum atomic E-state index is 12.8. The molecule has 3 rings (SSSR count). The Hall–Kier alpha value is -2.26. The Kier molecular flexibility index (Phi) is 9.67. The van der Waals surface area contributed by atoms with E-state index < -0.39 is 0 Å². The maximum Gasteiger partial charge on any atom is 0.233 e. The van der Waals surface area contributed by atoms with Crippen molar-refractivity contribution in [1.82, 2.24) is 19.7 Å². The van der Waals surface area contributed by atoms with Crippen LogP contribution in [0.5, 0.6) is 11.5 Å². The van der Waals surface area contributed by atoms with Crippen LogP contribution >= 0.6 is 11.8 Å². The van der Waals surface area contributed by atoms with E-state index in [1.807, 2.05) is 23.1 Å². The van der Waals surface area contributed by atoms with Gasteiger partial charge in [-0.3, -0.25) is 4.79 Å². The topological polar surface area (TPSA) is 78.7 Å². The van der Waals surface area contributed by atoms with Gasteiger partial charge in [-0.15, -0.1) is 10.2 Å². The van der Waals surface area contributed by atoms with Crippen LogP contribution < -0.4 is 9.47 Å². The average molecular weight is 463 g/mol. The van der Waals surface area contributed by atoms with Crippen molar-refractivity contribution in [2.75, 3.05) is 46.8 Å². The fraction of sp³-hybridized carbons (Fsp3) is 0.609. The summed E-state index contributed by atoms with van der Waals surface area (Å²) in [6, 6.07) is 5.70. The highest BCUT2D eigenvalue weighted by atomic mass is 32.2. The van der Waals surface area contributed by atoms with Crippen molar-refractivity contribution in [2.24, 2.45) is 0 Å². The van der Waals surface area contributed by atoms with Crippen LogP contribution in [0.2, 0.25) is 0 Å². The van der Waals surface area contributed by atoms with Gasteiger partial charge in [-0.05, 0) is 37.5 Å². The van der Waals surface area contributed by atoms with Gasteiger partial charge in [-0.2, -0.15) is 0 Å². The molecule has 1 saturated heterocycles. The lowest BCUT2D eigenvalue weighted by atomic mass is 10.1. The van der Waals surface area contributed by atoms with Gasteiger partial charge in [0.1, 0.15) is 0 Å². The van der Waals surface area contributed by atoms with Crippen LogP contribution in [0, 0.1) is 0 Å². The number of hydrogen-bond acceptors (Lipinski definition) is 7. The van der Waals surface area contributed by atoms with Crippen molar-refractivity contribution in [1.29, 1.82) is 0 Å². The summed E-state index contributed by atoms with van der Waals surface area (Å²) >= 11 is 1.45. The molecule has 0 bridgehead atoms. The smallest absolute Gasteiger partial charge is 0.233 e. The summed E-state index contributed by atoms with van der Waals surface area (Å²) < 4.78 is 18.1. The molecule has 0 unspecified atom stereocenters. The van der Waals surface area contributed by atoms with Crippen molar-refractivity contribution >= 4 is 17.7 Å². The number of thioether (sulfide) groups is 1. The molecule has 176 valence electrons. The number of amides is 1. The van der Waals surface area contributed by atoms with Gasteiger partial charge in [-0.25, -0.2) is 0 Å². The van der Waals surface area contributed by atoms with E-state index in [9.17, 15) is 4.79 Å². The summed E-state index contributed by atoms with van der Waals surface area (Å²) in [7, 11) is 4.92. The molecular weight excluding hydrogens is 428 g/mol. The molecule has 1 amide bonds. The average Bonchev–Trinajstić information content (AvgIpc) is 3.19. The summed E-state index contributed by atoms with van der Waals surface area (Å²) in [6.45, 7) is 3.05. The monoisotopic (exact) mass is 462 g/mol. The van der Waals surface area contributed by atoms with Gasteiger partial charge in [0.25, 0.3) is 0 Å². The zero-order valence-electron chi connectivity index (χ0n) is 19.3. The molecule has 1 aromatic heterocycles. The fourth-order valence-corrected chi connectivity index (χ4v) is 4.73. The first-order chi connectivity index (χ1) is 15.7. The van der Waals surface area contributed by atoms with Gasteiger partial charge in [0, 0.05) is 38.9 Å². The molecule has 0 saturated carbocycles. The van der Waals surface area contributed by atoms with Crippen LogP contribution in [0.25, 0.3) is 11.4 Å². The highest BCUT2D eigenvalue weighted by molar-refractivity contribution is 7.99. The minimum absolute atomic E-state index is 0.177. The molecule has 0 N–H and O–H groups in total. The Morgan fingerprint density at radius 2 is 1.72 bits per heavy atom. The van der Waals surface area contributed by atoms with Gasteiger partial charge in [-0.1, -0.05) is 31.0 Å². The Labute approximate surface area is 194 Å². The summed E-state index contributed by atoms with van der Waals surface area (Å²) in [6.07, 6.45) is 6.70. The highest BCUT2D eigenvalue weighted by Gasteiger charge is 2.20. The molecule has 2 aromatic rings. The van der Waals surface area contributed by atoms with Crippen LogP contribution in [-0.4, -0.2) is 72.4 Å². The predicted octanol–water partition coefficient (Wildman–Crippen LogP) is 3.88. The van der Waals surface area contributed by atoms with E-state index in [4.69, 9.17) is 14.2 Å². The SMILES string of the molecule is COCCCn1c(SCC(=O)N2CCCCCCC2)nnc1-c1ccc(OC)c(OC)c1. The zero-order valence-corrected chi connectivity index (χ0v) is 20.2. The number of ether oxygens (including phenoxy) is 3. The molecule has 0 spiro atoms. The summed E-state index contributed by atoms with van der Waals surface area (Å²) in [5.74, 6) is 2.58. The molecule has 32 heavy (non-hydrogen) atoms. The minimum Gasteiger partial charge on any atom is -0.493 e. The number of hydrogen-bond donors (Lipinski definition) is 0. The van der Waals surface area contributed by atoms with Crippen molar-refractivity contribution in [2.45, 2.75) is 50.2 Å². The van der Waals surface area contributed by atoms with E-state index in [1.165, 1.54) is 31.0 Å². The molecule has 2 heterocycles. The molecule has 8 nitrogen and oxygen atoms in total. The Morgan fingerprint density at radius 1 is 1.00 bits per heavy atom. The molecule has 1 aliphatic heterocycles. The standard InChI is InChI=1S/C23H34N4O4S/c1-29-15-9-14-27-22(18-10-11-19(30-2)20(16-18)31-3)24-25-23(27)32-17-21(28)26-12-7-5-4-6-8-13-26/h10-11,16H,4-9,12-15,17H2,1-3H3. The van der Waals surface area contributed by atoms with Gasteiger partial charge in [0.15, 0.2) is 22.5 Å². The van der Waals surface area contributed by atoms with Crippen molar-refractivity contribution < 1.29 is 19.0 Å². The van der Waals surface area contributed by atoms with Crippen LogP contribution in [0.3, 0.4) is 0 Å². The first-order valence-corrected chi connectivity index (χ1v) is 12.2. The lowest BCUT2D eigenvalue weighted by Crippen LogP contribution is -2.35. The Morgan fingerprint density at radius 3 is 2.41 bits per heavy atom. The third-order valence-electron chi connectivity index (χ3n) is 5.62. The van der Waals surface area contributed by atoms with Crippen molar-refractivity contribution in [3.8, 4) is 22.9 Å². The first-order valence-electron chi connectivity index (χ1n) is 11.2. The molecule has 1 aliphatic rings. The third-order valence-corrected chi connectivity index (χ3v) is 6.57. The molecule has 0 radical (unpaired) electrons. The first kappa shape index (κ1) is 24.4. The van der Waals surface area contributed by atoms with Crippen LogP contribution in [0.4, 0.5) is 0 Å². The number of carbonyl (C=O) groups is 1. The lowest BCUT2D eigenvalue weighted by Gasteiger charge is -2.24. The van der Waals surface area contributed by atoms with Crippen LogP contribution in [0.15, 0.2) is 23.4 Å². The Balaban J connectivity index is 1.77. The molecule has 1 fully saturated rings. The number of aromatic nitrogens is 3. The second-order valence-corrected chi connectivity index (χ2v) is 8.75. The Bertz CT molecular complexity index is 866. The maximum absolute atomic E-state index is 12.8. The highest BCUT2D eigenvalue weighted by Crippen LogP contribution is 2.33. The van der Waals surface area contributed by atoms with E-state index in [0.29, 0.717) is 30.4 Å². The number of nitrogens with zero attached hydrogens (tertiary/aromatic N) is 4. The number of benzene rings is 1. The van der Waals surface area contributed by atoms with E-state index in [-0.39, 0.29) is 5.91 Å². The zero-order chi connectivity index (χ0) is 22.8. The van der Waals surface area contributed by atoms with Gasteiger partial charge >= 0.3 is 0 Å². The van der Waals surface area contributed by atoms with Gasteiger partial charge in [0.2, 0.25) is 5.91 Å². The second kappa shape index (κ2) is 12.7. The van der Waals surface area contributed by atoms with E-state index in [0.717, 1.165) is 48.9 Å². The van der Waals surface area contributed by atoms with Crippen LogP contribution in [0.1, 0.15) is 38.5 Å². The van der Waals surface area contributed by atoms with Crippen LogP contribution in [-0.2, 0) is 16.1 Å². The molecule has 9 heteroatoms. The summed E-state index contributed by atoms with van der Waals surface area (Å²) in [5.41, 5.74) is 0.884. The normalized spacial score (nSPS) is 14.7. The lowest BCUT2D eigenvalue weighted by molar-refractivity contribution is -0.128. The van der Waals surface area contributed by atoms with Crippen molar-refractivity contribution in [3.05, 3.63) is 18.2 Å². The minimum atomic E-state index is 0.177. The molecular formula is C23H34N4O4S. The fourth-order valence-electron chi connectivity index (χ4n) is 3.87. The molecule has 0 atom stereocenters. The second-order valence-electron chi connectivity index (χ2n) is 7.81. The number of methoxy groups -OCH3 is 3. The number of likely N-dealkylation sites (tertiary alicyclic amines) is 1. The van der Waals surface area contributed by atoms with Crippen molar-refractivity contribution in [3.63, 3.8) is 0 Å². The van der Waals surface area contributed by atoms with E-state index in [1.54, 1.807) is 21.3 Å². The van der Waals surface area contributed by atoms with Gasteiger partial charge < -0.3 is 23.7 Å². The molecule has 0 aliphatic carbocycles. The predicted molar refractivity (Wildman–Crippen MR) is 125 cm³/mol. The summed E-state index contributed by atoms with van der Waals surface area (Å²) in [5, 5.41) is 9.60. The van der Waals surface area contributed by atoms with Gasteiger partial charge in [0.05, 0.1) is 20.0 Å². The number of carbonyl (C=O) groups excluding carboxylic acids is 1. The van der Waals surface area contributed by atoms with E-state index >= 15 is 0 Å².